The molecule has 88 valence electrons. The van der Waals surface area contributed by atoms with Gasteiger partial charge in [-0.1, -0.05) is 29.8 Å². The molecular formula is C13H12ClNO2. The lowest BCUT2D eigenvalue weighted by Gasteiger charge is -2.10. The number of aliphatic hydroxyl groups excluding tert-OH is 1. The lowest BCUT2D eigenvalue weighted by atomic mass is 10.1. The molecular weight excluding hydrogens is 238 g/mol. The van der Waals surface area contributed by atoms with E-state index in [0.717, 1.165) is 5.56 Å². The third-order valence-corrected chi connectivity index (χ3v) is 2.57. The van der Waals surface area contributed by atoms with Gasteiger partial charge in [-0.2, -0.15) is 0 Å². The van der Waals surface area contributed by atoms with Gasteiger partial charge in [0.1, 0.15) is 10.8 Å². The van der Waals surface area contributed by atoms with Gasteiger partial charge < -0.3 is 9.84 Å². The van der Waals surface area contributed by atoms with Crippen molar-refractivity contribution in [2.45, 2.75) is 6.42 Å². The first-order valence-corrected chi connectivity index (χ1v) is 5.66. The third kappa shape index (κ3) is 2.96. The summed E-state index contributed by atoms with van der Waals surface area (Å²) in [5.41, 5.74) is 0.928. The number of para-hydroxylation sites is 1. The van der Waals surface area contributed by atoms with E-state index in [1.54, 1.807) is 18.3 Å². The predicted molar refractivity (Wildman–Crippen MR) is 66.6 cm³/mol. The molecule has 0 amide bonds. The highest BCUT2D eigenvalue weighted by atomic mass is 35.5. The van der Waals surface area contributed by atoms with E-state index in [9.17, 15) is 0 Å². The maximum atomic E-state index is 8.97. The second-order valence-electron chi connectivity index (χ2n) is 3.47. The summed E-state index contributed by atoms with van der Waals surface area (Å²) in [4.78, 5) is 4.06. The Bertz CT molecular complexity index is 502. The molecule has 0 spiro atoms. The summed E-state index contributed by atoms with van der Waals surface area (Å²) in [7, 11) is 0. The third-order valence-electron chi connectivity index (χ3n) is 2.29. The quantitative estimate of drug-likeness (QED) is 0.906. The summed E-state index contributed by atoms with van der Waals surface area (Å²) in [6, 6.07) is 11.0. The van der Waals surface area contributed by atoms with E-state index in [4.69, 9.17) is 21.4 Å². The van der Waals surface area contributed by atoms with Gasteiger partial charge in [-0.25, -0.2) is 4.98 Å². The molecule has 0 aliphatic carbocycles. The molecule has 1 aromatic heterocycles. The molecule has 2 aromatic rings. The van der Waals surface area contributed by atoms with E-state index in [1.165, 1.54) is 0 Å². The molecule has 0 fully saturated rings. The van der Waals surface area contributed by atoms with E-state index in [2.05, 4.69) is 4.98 Å². The zero-order chi connectivity index (χ0) is 12.1. The molecule has 1 heterocycles. The van der Waals surface area contributed by atoms with Gasteiger partial charge in [-0.15, -0.1) is 0 Å². The van der Waals surface area contributed by atoms with Gasteiger partial charge in [0.2, 0.25) is 5.88 Å². The van der Waals surface area contributed by atoms with E-state index in [1.807, 2.05) is 24.3 Å². The van der Waals surface area contributed by atoms with E-state index in [0.29, 0.717) is 23.1 Å². The SMILES string of the molecule is OCCc1ccccc1Oc1ncccc1Cl. The Balaban J connectivity index is 2.27. The number of aromatic nitrogens is 1. The summed E-state index contributed by atoms with van der Waals surface area (Å²) < 4.78 is 5.64. The Morgan fingerprint density at radius 1 is 1.18 bits per heavy atom. The minimum Gasteiger partial charge on any atom is -0.437 e. The van der Waals surface area contributed by atoms with Crippen molar-refractivity contribution in [2.75, 3.05) is 6.61 Å². The van der Waals surface area contributed by atoms with Crippen molar-refractivity contribution in [1.82, 2.24) is 4.98 Å². The monoisotopic (exact) mass is 249 g/mol. The van der Waals surface area contributed by atoms with E-state index < -0.39 is 0 Å². The number of hydrogen-bond acceptors (Lipinski definition) is 3. The molecule has 1 N–H and O–H groups in total. The number of pyridine rings is 1. The Hall–Kier alpha value is -1.58. The van der Waals surface area contributed by atoms with E-state index >= 15 is 0 Å². The fourth-order valence-electron chi connectivity index (χ4n) is 1.48. The van der Waals surface area contributed by atoms with Crippen molar-refractivity contribution < 1.29 is 9.84 Å². The zero-order valence-corrected chi connectivity index (χ0v) is 9.89. The summed E-state index contributed by atoms with van der Waals surface area (Å²) in [5, 5.41) is 9.43. The molecule has 3 nitrogen and oxygen atoms in total. The molecule has 0 bridgehead atoms. The minimum atomic E-state index is 0.0797. The van der Waals surface area contributed by atoms with Crippen LogP contribution in [0.2, 0.25) is 5.02 Å². The van der Waals surface area contributed by atoms with Crippen LogP contribution in [-0.2, 0) is 6.42 Å². The number of nitrogens with zero attached hydrogens (tertiary/aromatic N) is 1. The summed E-state index contributed by atoms with van der Waals surface area (Å²) in [6.45, 7) is 0.0797. The number of halogens is 1. The smallest absolute Gasteiger partial charge is 0.238 e. The lowest BCUT2D eigenvalue weighted by Crippen LogP contribution is -1.96. The highest BCUT2D eigenvalue weighted by molar-refractivity contribution is 6.31. The molecule has 0 saturated heterocycles. The molecule has 0 atom stereocenters. The van der Waals surface area contributed by atoms with Crippen LogP contribution in [0.4, 0.5) is 0 Å². The van der Waals surface area contributed by atoms with Crippen LogP contribution in [0.1, 0.15) is 5.56 Å². The Kier molecular flexibility index (Phi) is 3.96. The second-order valence-corrected chi connectivity index (χ2v) is 3.88. The Morgan fingerprint density at radius 2 is 2.00 bits per heavy atom. The molecule has 0 aliphatic rings. The van der Waals surface area contributed by atoms with Crippen molar-refractivity contribution in [1.29, 1.82) is 0 Å². The average Bonchev–Trinajstić information content (AvgIpc) is 2.35. The van der Waals surface area contributed by atoms with Gasteiger partial charge >= 0.3 is 0 Å². The van der Waals surface area contributed by atoms with Crippen molar-refractivity contribution in [2.24, 2.45) is 0 Å². The molecule has 0 aliphatic heterocycles. The van der Waals surface area contributed by atoms with Crippen LogP contribution >= 0.6 is 11.6 Å². The number of benzene rings is 1. The van der Waals surface area contributed by atoms with Gasteiger partial charge in [-0.3, -0.25) is 0 Å². The fourth-order valence-corrected chi connectivity index (χ4v) is 1.64. The van der Waals surface area contributed by atoms with Crippen molar-refractivity contribution in [3.63, 3.8) is 0 Å². The molecule has 1 aromatic carbocycles. The predicted octanol–water partition coefficient (Wildman–Crippen LogP) is 3.06. The lowest BCUT2D eigenvalue weighted by molar-refractivity contribution is 0.297. The van der Waals surface area contributed by atoms with Crippen molar-refractivity contribution in [3.8, 4) is 11.6 Å². The fraction of sp³-hybridized carbons (Fsp3) is 0.154. The van der Waals surface area contributed by atoms with Gasteiger partial charge in [0.25, 0.3) is 0 Å². The van der Waals surface area contributed by atoms with Crippen LogP contribution < -0.4 is 4.74 Å². The molecule has 4 heteroatoms. The van der Waals surface area contributed by atoms with Gasteiger partial charge in [0.15, 0.2) is 0 Å². The van der Waals surface area contributed by atoms with Crippen molar-refractivity contribution >= 4 is 11.6 Å². The van der Waals surface area contributed by atoms with Crippen LogP contribution in [0.25, 0.3) is 0 Å². The van der Waals surface area contributed by atoms with Crippen molar-refractivity contribution in [3.05, 3.63) is 53.2 Å². The Morgan fingerprint density at radius 3 is 2.76 bits per heavy atom. The maximum Gasteiger partial charge on any atom is 0.238 e. The summed E-state index contributed by atoms with van der Waals surface area (Å²) >= 11 is 5.97. The second kappa shape index (κ2) is 5.66. The van der Waals surface area contributed by atoms with Crippen LogP contribution in [0, 0.1) is 0 Å². The summed E-state index contributed by atoms with van der Waals surface area (Å²) in [6.07, 6.45) is 2.16. The largest absolute Gasteiger partial charge is 0.437 e. The Labute approximate surface area is 105 Å². The van der Waals surface area contributed by atoms with Crippen LogP contribution in [0.15, 0.2) is 42.6 Å². The first kappa shape index (κ1) is 11.9. The zero-order valence-electron chi connectivity index (χ0n) is 9.14. The van der Waals surface area contributed by atoms with Crippen LogP contribution in [-0.4, -0.2) is 16.7 Å². The first-order valence-electron chi connectivity index (χ1n) is 5.28. The van der Waals surface area contributed by atoms with Crippen LogP contribution in [0.5, 0.6) is 11.6 Å². The molecule has 0 saturated carbocycles. The topological polar surface area (TPSA) is 42.4 Å². The molecule has 17 heavy (non-hydrogen) atoms. The minimum absolute atomic E-state index is 0.0797. The number of hydrogen-bond donors (Lipinski definition) is 1. The molecule has 0 unspecified atom stereocenters. The van der Waals surface area contributed by atoms with Gasteiger partial charge in [0, 0.05) is 12.8 Å². The normalized spacial score (nSPS) is 10.2. The average molecular weight is 250 g/mol. The standard InChI is InChI=1S/C13H12ClNO2/c14-11-5-3-8-15-13(11)17-12-6-2-1-4-10(12)7-9-16/h1-6,8,16H,7,9H2. The highest BCUT2D eigenvalue weighted by Crippen LogP contribution is 2.28. The van der Waals surface area contributed by atoms with Gasteiger partial charge in [0.05, 0.1) is 0 Å². The van der Waals surface area contributed by atoms with E-state index in [-0.39, 0.29) is 6.61 Å². The number of ether oxygens (including phenoxy) is 1. The number of rotatable bonds is 4. The maximum absolute atomic E-state index is 8.97. The molecule has 2 rings (SSSR count). The number of aliphatic hydroxyl groups is 1. The van der Waals surface area contributed by atoms with Crippen LogP contribution in [0.3, 0.4) is 0 Å². The van der Waals surface area contributed by atoms with Gasteiger partial charge in [-0.05, 0) is 30.2 Å². The summed E-state index contributed by atoms with van der Waals surface area (Å²) in [5.74, 6) is 1.04. The first-order chi connectivity index (χ1) is 8.31. The highest BCUT2D eigenvalue weighted by Gasteiger charge is 2.07. The molecule has 0 radical (unpaired) electrons.